The standard InChI is InChI=1S/C19H33N5.HI/c1-5-17-16(18(6-2)23(4)22-17)11-21-19(20-3)24-12-14-9-7-8-10-15(14)13-24;/h14-15H,5-13H2,1-4H3,(H,20,21);1H. The maximum Gasteiger partial charge on any atom is 0.193 e. The highest BCUT2D eigenvalue weighted by atomic mass is 127. The number of hydrogen-bond donors (Lipinski definition) is 1. The molecule has 1 aromatic heterocycles. The summed E-state index contributed by atoms with van der Waals surface area (Å²) in [5.41, 5.74) is 3.91. The van der Waals surface area contributed by atoms with E-state index in [2.05, 4.69) is 41.2 Å². The van der Waals surface area contributed by atoms with Crippen molar-refractivity contribution in [2.75, 3.05) is 20.1 Å². The molecule has 2 fully saturated rings. The number of halogens is 1. The van der Waals surface area contributed by atoms with Crippen molar-refractivity contribution >= 4 is 29.9 Å². The summed E-state index contributed by atoms with van der Waals surface area (Å²) in [5, 5.41) is 8.31. The van der Waals surface area contributed by atoms with Crippen molar-refractivity contribution in [3.05, 3.63) is 17.0 Å². The molecule has 1 aliphatic carbocycles. The highest BCUT2D eigenvalue weighted by Crippen LogP contribution is 2.35. The van der Waals surface area contributed by atoms with E-state index in [1.54, 1.807) is 0 Å². The Hall–Kier alpha value is -0.790. The van der Waals surface area contributed by atoms with Gasteiger partial charge in [-0.15, -0.1) is 24.0 Å². The molecule has 1 saturated heterocycles. The molecule has 25 heavy (non-hydrogen) atoms. The maximum atomic E-state index is 4.68. The van der Waals surface area contributed by atoms with Gasteiger partial charge < -0.3 is 10.2 Å². The molecule has 1 N–H and O–H groups in total. The fourth-order valence-electron chi connectivity index (χ4n) is 4.67. The van der Waals surface area contributed by atoms with Crippen molar-refractivity contribution in [2.45, 2.75) is 58.9 Å². The van der Waals surface area contributed by atoms with E-state index in [1.807, 2.05) is 11.7 Å². The normalized spacial score (nSPS) is 23.4. The van der Waals surface area contributed by atoms with Crippen molar-refractivity contribution < 1.29 is 0 Å². The quantitative estimate of drug-likeness (QED) is 0.427. The van der Waals surface area contributed by atoms with Crippen LogP contribution in [-0.2, 0) is 26.4 Å². The van der Waals surface area contributed by atoms with Crippen LogP contribution >= 0.6 is 24.0 Å². The zero-order valence-corrected chi connectivity index (χ0v) is 18.5. The molecule has 0 bridgehead atoms. The van der Waals surface area contributed by atoms with Gasteiger partial charge in [0.25, 0.3) is 0 Å². The summed E-state index contributed by atoms with van der Waals surface area (Å²) >= 11 is 0. The topological polar surface area (TPSA) is 45.5 Å². The van der Waals surface area contributed by atoms with Gasteiger partial charge in [0.15, 0.2) is 5.96 Å². The zero-order valence-electron chi connectivity index (χ0n) is 16.2. The predicted molar refractivity (Wildman–Crippen MR) is 115 cm³/mol. The molecule has 2 unspecified atom stereocenters. The van der Waals surface area contributed by atoms with Crippen LogP contribution in [0.15, 0.2) is 4.99 Å². The summed E-state index contributed by atoms with van der Waals surface area (Å²) in [4.78, 5) is 7.05. The lowest BCUT2D eigenvalue weighted by Gasteiger charge is -2.22. The Kier molecular flexibility index (Phi) is 7.58. The Bertz CT molecular complexity index is 581. The number of likely N-dealkylation sites (tertiary alicyclic amines) is 1. The first-order valence-electron chi connectivity index (χ1n) is 9.67. The first-order chi connectivity index (χ1) is 11.7. The lowest BCUT2D eigenvalue weighted by atomic mass is 9.82. The zero-order chi connectivity index (χ0) is 17.1. The minimum atomic E-state index is 0. The van der Waals surface area contributed by atoms with Crippen LogP contribution in [0.3, 0.4) is 0 Å². The molecular weight excluding hydrogens is 425 g/mol. The average molecular weight is 459 g/mol. The Morgan fingerprint density at radius 1 is 1.16 bits per heavy atom. The van der Waals surface area contributed by atoms with Crippen molar-refractivity contribution in [1.29, 1.82) is 0 Å². The summed E-state index contributed by atoms with van der Waals surface area (Å²) in [6, 6.07) is 0. The van der Waals surface area contributed by atoms with Gasteiger partial charge in [-0.3, -0.25) is 9.67 Å². The molecule has 1 saturated carbocycles. The predicted octanol–water partition coefficient (Wildman–Crippen LogP) is 3.36. The minimum absolute atomic E-state index is 0. The first-order valence-corrected chi connectivity index (χ1v) is 9.67. The van der Waals surface area contributed by atoms with Gasteiger partial charge in [0.1, 0.15) is 0 Å². The van der Waals surface area contributed by atoms with E-state index in [4.69, 9.17) is 0 Å². The molecule has 1 aliphatic heterocycles. The van der Waals surface area contributed by atoms with Gasteiger partial charge in [0, 0.05) is 45.0 Å². The summed E-state index contributed by atoms with van der Waals surface area (Å²) in [5.74, 6) is 2.83. The molecule has 0 amide bonds. The molecule has 142 valence electrons. The van der Waals surface area contributed by atoms with Gasteiger partial charge in [-0.25, -0.2) is 0 Å². The van der Waals surface area contributed by atoms with E-state index >= 15 is 0 Å². The largest absolute Gasteiger partial charge is 0.352 e. The number of aromatic nitrogens is 2. The van der Waals surface area contributed by atoms with Crippen molar-refractivity contribution in [3.8, 4) is 0 Å². The highest BCUT2D eigenvalue weighted by Gasteiger charge is 2.35. The first kappa shape index (κ1) is 20.5. The van der Waals surface area contributed by atoms with Gasteiger partial charge in [-0.2, -0.15) is 5.10 Å². The van der Waals surface area contributed by atoms with E-state index in [0.29, 0.717) is 0 Å². The van der Waals surface area contributed by atoms with Gasteiger partial charge in [-0.05, 0) is 37.5 Å². The van der Waals surface area contributed by atoms with Gasteiger partial charge in [0.2, 0.25) is 0 Å². The molecule has 0 radical (unpaired) electrons. The summed E-state index contributed by atoms with van der Waals surface area (Å²) in [7, 11) is 3.97. The number of aryl methyl sites for hydroxylation is 2. The second-order valence-electron chi connectivity index (χ2n) is 7.31. The Balaban J connectivity index is 0.00000225. The van der Waals surface area contributed by atoms with Crippen LogP contribution in [0.2, 0.25) is 0 Å². The van der Waals surface area contributed by atoms with Crippen molar-refractivity contribution in [3.63, 3.8) is 0 Å². The number of rotatable bonds is 4. The van der Waals surface area contributed by atoms with E-state index in [0.717, 1.165) is 37.2 Å². The summed E-state index contributed by atoms with van der Waals surface area (Å²) < 4.78 is 2.04. The molecule has 0 spiro atoms. The molecule has 5 nitrogen and oxygen atoms in total. The van der Waals surface area contributed by atoms with E-state index < -0.39 is 0 Å². The Morgan fingerprint density at radius 3 is 2.32 bits per heavy atom. The van der Waals surface area contributed by atoms with E-state index in [1.165, 1.54) is 55.7 Å². The van der Waals surface area contributed by atoms with Crippen molar-refractivity contribution in [2.24, 2.45) is 23.9 Å². The molecule has 2 aliphatic rings. The molecule has 3 rings (SSSR count). The van der Waals surface area contributed by atoms with Gasteiger partial charge in [-0.1, -0.05) is 26.7 Å². The number of nitrogens with one attached hydrogen (secondary N) is 1. The second kappa shape index (κ2) is 9.24. The van der Waals surface area contributed by atoms with E-state index in [9.17, 15) is 0 Å². The fourth-order valence-corrected chi connectivity index (χ4v) is 4.67. The second-order valence-corrected chi connectivity index (χ2v) is 7.31. The number of aliphatic imine (C=N–C) groups is 1. The summed E-state index contributed by atoms with van der Waals surface area (Å²) in [6.07, 6.45) is 7.64. The maximum absolute atomic E-state index is 4.68. The molecule has 1 aromatic rings. The van der Waals surface area contributed by atoms with Crippen LogP contribution in [-0.4, -0.2) is 40.8 Å². The molecule has 2 heterocycles. The highest BCUT2D eigenvalue weighted by molar-refractivity contribution is 14.0. The Labute approximate surface area is 169 Å². The van der Waals surface area contributed by atoms with E-state index in [-0.39, 0.29) is 24.0 Å². The number of fused-ring (bicyclic) bond motifs is 1. The SMILES string of the molecule is CCc1nn(C)c(CC)c1CNC(=NC)N1CC2CCCCC2C1.I. The molecule has 6 heteroatoms. The van der Waals surface area contributed by atoms with Crippen LogP contribution in [0.4, 0.5) is 0 Å². The molecular formula is C19H34IN5. The van der Waals surface area contributed by atoms with Crippen LogP contribution in [0.5, 0.6) is 0 Å². The van der Waals surface area contributed by atoms with Crippen LogP contribution in [0.1, 0.15) is 56.5 Å². The lowest BCUT2D eigenvalue weighted by molar-refractivity contribution is 0.299. The third-order valence-corrected chi connectivity index (χ3v) is 5.94. The third-order valence-electron chi connectivity index (χ3n) is 5.94. The molecule has 2 atom stereocenters. The average Bonchev–Trinajstić information content (AvgIpc) is 3.15. The number of guanidine groups is 1. The van der Waals surface area contributed by atoms with Crippen molar-refractivity contribution in [1.82, 2.24) is 20.0 Å². The van der Waals surface area contributed by atoms with Crippen LogP contribution in [0.25, 0.3) is 0 Å². The smallest absolute Gasteiger partial charge is 0.193 e. The van der Waals surface area contributed by atoms with Crippen LogP contribution in [0, 0.1) is 11.8 Å². The monoisotopic (exact) mass is 459 g/mol. The van der Waals surface area contributed by atoms with Gasteiger partial charge >= 0.3 is 0 Å². The van der Waals surface area contributed by atoms with Crippen LogP contribution < -0.4 is 5.32 Å². The lowest BCUT2D eigenvalue weighted by Crippen LogP contribution is -2.40. The summed E-state index contributed by atoms with van der Waals surface area (Å²) in [6.45, 7) is 7.58. The third kappa shape index (κ3) is 4.31. The minimum Gasteiger partial charge on any atom is -0.352 e. The van der Waals surface area contributed by atoms with Gasteiger partial charge in [0.05, 0.1) is 5.69 Å². The number of hydrogen-bond acceptors (Lipinski definition) is 2. The number of nitrogens with zero attached hydrogens (tertiary/aromatic N) is 4. The fraction of sp³-hybridized carbons (Fsp3) is 0.789. The Morgan fingerprint density at radius 2 is 1.80 bits per heavy atom. The molecule has 0 aromatic carbocycles.